The third kappa shape index (κ3) is 4.91. The van der Waals surface area contributed by atoms with Crippen LogP contribution in [-0.4, -0.2) is 48.2 Å². The van der Waals surface area contributed by atoms with Crippen molar-refractivity contribution in [3.8, 4) is 0 Å². The van der Waals surface area contributed by atoms with Gasteiger partial charge in [0.25, 0.3) is 0 Å². The first-order valence-electron chi connectivity index (χ1n) is 5.55. The van der Waals surface area contributed by atoms with E-state index in [-0.39, 0.29) is 12.3 Å². The molecule has 5 nitrogen and oxygen atoms in total. The van der Waals surface area contributed by atoms with Crippen LogP contribution < -0.4 is 0 Å². The Kier molecular flexibility index (Phi) is 7.16. The van der Waals surface area contributed by atoms with Crippen molar-refractivity contribution >= 4 is 18.2 Å². The lowest BCUT2D eigenvalue weighted by molar-refractivity contribution is -0.142. The lowest BCUT2D eigenvalue weighted by atomic mass is 10.3. The third-order valence-corrected chi connectivity index (χ3v) is 2.20. The quantitative estimate of drug-likeness (QED) is 0.474. The van der Waals surface area contributed by atoms with E-state index in [1.165, 1.54) is 4.90 Å². The second-order valence-electron chi connectivity index (χ2n) is 3.68. The van der Waals surface area contributed by atoms with E-state index >= 15 is 0 Å². The monoisotopic (exact) mass is 228 g/mol. The molecule has 92 valence electrons. The molecule has 0 saturated heterocycles. The molecule has 0 aliphatic rings. The van der Waals surface area contributed by atoms with Crippen LogP contribution in [0, 0.1) is 0 Å². The number of rotatable bonds is 7. The molecule has 0 N–H and O–H groups in total. The minimum atomic E-state index is -0.426. The summed E-state index contributed by atoms with van der Waals surface area (Å²) >= 11 is 0. The van der Waals surface area contributed by atoms with Crippen molar-refractivity contribution in [3.63, 3.8) is 0 Å². The summed E-state index contributed by atoms with van der Waals surface area (Å²) in [6.07, 6.45) is 1.81. The molecule has 0 unspecified atom stereocenters. The molecule has 0 aliphatic carbocycles. The molecule has 5 heteroatoms. The second-order valence-corrected chi connectivity index (χ2v) is 3.68. The van der Waals surface area contributed by atoms with Crippen LogP contribution in [0.3, 0.4) is 0 Å². The fraction of sp³-hybridized carbons (Fsp3) is 0.727. The molecule has 0 aromatic heterocycles. The van der Waals surface area contributed by atoms with Crippen LogP contribution in [0.15, 0.2) is 0 Å². The smallest absolute Gasteiger partial charge is 0.238 e. The SMILES string of the molecule is CCCN(C)C(=O)CC(=O)N(C=O)CCC. The normalized spacial score (nSPS) is 9.69. The molecule has 0 aromatic rings. The van der Waals surface area contributed by atoms with Gasteiger partial charge in [-0.3, -0.25) is 19.3 Å². The molecule has 0 fully saturated rings. The van der Waals surface area contributed by atoms with Crippen molar-refractivity contribution in [1.29, 1.82) is 0 Å². The van der Waals surface area contributed by atoms with E-state index in [0.29, 0.717) is 25.9 Å². The van der Waals surface area contributed by atoms with Gasteiger partial charge >= 0.3 is 0 Å². The first-order chi connectivity index (χ1) is 7.56. The van der Waals surface area contributed by atoms with E-state index in [9.17, 15) is 14.4 Å². The van der Waals surface area contributed by atoms with Crippen LogP contribution >= 0.6 is 0 Å². The highest BCUT2D eigenvalue weighted by Gasteiger charge is 2.18. The highest BCUT2D eigenvalue weighted by atomic mass is 16.2. The van der Waals surface area contributed by atoms with Gasteiger partial charge in [-0.15, -0.1) is 0 Å². The molecule has 16 heavy (non-hydrogen) atoms. The number of imide groups is 1. The lowest BCUT2D eigenvalue weighted by Crippen LogP contribution is -2.36. The van der Waals surface area contributed by atoms with Gasteiger partial charge in [0.1, 0.15) is 6.42 Å². The number of amides is 3. The fourth-order valence-corrected chi connectivity index (χ4v) is 1.30. The van der Waals surface area contributed by atoms with Crippen molar-refractivity contribution < 1.29 is 14.4 Å². The zero-order valence-corrected chi connectivity index (χ0v) is 10.2. The van der Waals surface area contributed by atoms with Crippen LogP contribution in [0.1, 0.15) is 33.1 Å². The van der Waals surface area contributed by atoms with Crippen LogP contribution in [0.2, 0.25) is 0 Å². The predicted octanol–water partition coefficient (Wildman–Crippen LogP) is 0.640. The summed E-state index contributed by atoms with van der Waals surface area (Å²) in [4.78, 5) is 36.2. The fourth-order valence-electron chi connectivity index (χ4n) is 1.30. The van der Waals surface area contributed by atoms with E-state index < -0.39 is 5.91 Å². The maximum Gasteiger partial charge on any atom is 0.238 e. The minimum Gasteiger partial charge on any atom is -0.345 e. The third-order valence-electron chi connectivity index (χ3n) is 2.20. The van der Waals surface area contributed by atoms with Gasteiger partial charge in [0.15, 0.2) is 0 Å². The summed E-state index contributed by atoms with van der Waals surface area (Å²) in [5.74, 6) is -0.667. The molecule has 0 spiro atoms. The Balaban J connectivity index is 4.21. The van der Waals surface area contributed by atoms with Gasteiger partial charge in [-0.25, -0.2) is 0 Å². The maximum absolute atomic E-state index is 11.5. The van der Waals surface area contributed by atoms with Crippen LogP contribution in [0.4, 0.5) is 0 Å². The average molecular weight is 228 g/mol. The molecule has 0 atom stereocenters. The molecule has 0 aromatic carbocycles. The van der Waals surface area contributed by atoms with Crippen molar-refractivity contribution in [2.24, 2.45) is 0 Å². The van der Waals surface area contributed by atoms with Gasteiger partial charge in [0.05, 0.1) is 0 Å². The van der Waals surface area contributed by atoms with E-state index in [2.05, 4.69) is 0 Å². The summed E-state index contributed by atoms with van der Waals surface area (Å²) in [5, 5.41) is 0. The van der Waals surface area contributed by atoms with E-state index in [0.717, 1.165) is 11.3 Å². The first kappa shape index (κ1) is 14.6. The summed E-state index contributed by atoms with van der Waals surface area (Å²) in [7, 11) is 1.66. The molecule has 0 saturated carbocycles. The van der Waals surface area contributed by atoms with Gasteiger partial charge in [-0.1, -0.05) is 13.8 Å². The molecule has 3 amide bonds. The number of carbonyl (C=O) groups is 3. The Morgan fingerprint density at radius 2 is 1.62 bits per heavy atom. The maximum atomic E-state index is 11.5. The number of hydrogen-bond donors (Lipinski definition) is 0. The van der Waals surface area contributed by atoms with Crippen molar-refractivity contribution in [2.75, 3.05) is 20.1 Å². The van der Waals surface area contributed by atoms with Gasteiger partial charge in [0, 0.05) is 20.1 Å². The van der Waals surface area contributed by atoms with Crippen molar-refractivity contribution in [1.82, 2.24) is 9.80 Å². The highest BCUT2D eigenvalue weighted by molar-refractivity contribution is 6.00. The standard InChI is InChI=1S/C11H20N2O3/c1-4-6-12(3)10(15)8-11(16)13(9-14)7-5-2/h9H,4-8H2,1-3H3. The van der Waals surface area contributed by atoms with Crippen LogP contribution in [0.25, 0.3) is 0 Å². The Morgan fingerprint density at radius 3 is 2.06 bits per heavy atom. The van der Waals surface area contributed by atoms with Crippen molar-refractivity contribution in [3.05, 3.63) is 0 Å². The van der Waals surface area contributed by atoms with E-state index in [1.807, 2.05) is 13.8 Å². The number of hydrogen-bond acceptors (Lipinski definition) is 3. The molecule has 0 bridgehead atoms. The number of carbonyl (C=O) groups excluding carboxylic acids is 3. The van der Waals surface area contributed by atoms with E-state index in [4.69, 9.17) is 0 Å². The molecule has 0 heterocycles. The Labute approximate surface area is 96.4 Å². The van der Waals surface area contributed by atoms with Gasteiger partial charge in [-0.05, 0) is 12.8 Å². The summed E-state index contributed by atoms with van der Waals surface area (Å²) < 4.78 is 0. The Hall–Kier alpha value is -1.39. The summed E-state index contributed by atoms with van der Waals surface area (Å²) in [6, 6.07) is 0. The second kappa shape index (κ2) is 7.84. The molecule has 0 radical (unpaired) electrons. The molecular weight excluding hydrogens is 208 g/mol. The van der Waals surface area contributed by atoms with Crippen LogP contribution in [-0.2, 0) is 14.4 Å². The topological polar surface area (TPSA) is 57.7 Å². The van der Waals surface area contributed by atoms with Crippen molar-refractivity contribution in [2.45, 2.75) is 33.1 Å². The molecule has 0 aliphatic heterocycles. The number of nitrogens with zero attached hydrogens (tertiary/aromatic N) is 2. The summed E-state index contributed by atoms with van der Waals surface area (Å²) in [5.41, 5.74) is 0. The largest absolute Gasteiger partial charge is 0.345 e. The Morgan fingerprint density at radius 1 is 1.06 bits per heavy atom. The highest BCUT2D eigenvalue weighted by Crippen LogP contribution is 1.98. The first-order valence-corrected chi connectivity index (χ1v) is 5.55. The molecular formula is C11H20N2O3. The lowest BCUT2D eigenvalue weighted by Gasteiger charge is -2.18. The van der Waals surface area contributed by atoms with Gasteiger partial charge < -0.3 is 4.90 Å². The zero-order chi connectivity index (χ0) is 12.6. The Bertz CT molecular complexity index is 254. The van der Waals surface area contributed by atoms with Gasteiger partial charge in [-0.2, -0.15) is 0 Å². The minimum absolute atomic E-state index is 0.227. The van der Waals surface area contributed by atoms with E-state index in [1.54, 1.807) is 7.05 Å². The average Bonchev–Trinajstić information content (AvgIpc) is 2.25. The molecule has 0 rings (SSSR count). The summed E-state index contributed by atoms with van der Waals surface area (Å²) in [6.45, 7) is 4.82. The zero-order valence-electron chi connectivity index (χ0n) is 10.2. The van der Waals surface area contributed by atoms with Crippen LogP contribution in [0.5, 0.6) is 0 Å². The predicted molar refractivity (Wildman–Crippen MR) is 60.6 cm³/mol. The van der Waals surface area contributed by atoms with Gasteiger partial charge in [0.2, 0.25) is 18.2 Å².